The Morgan fingerprint density at radius 1 is 1.33 bits per heavy atom. The second kappa shape index (κ2) is 5.66. The van der Waals surface area contributed by atoms with Gasteiger partial charge < -0.3 is 0 Å². The molecule has 0 fully saturated rings. The molecule has 0 unspecified atom stereocenters. The Morgan fingerprint density at radius 2 is 2.00 bits per heavy atom. The van der Waals surface area contributed by atoms with Crippen molar-refractivity contribution in [2.24, 2.45) is 0 Å². The molecular weight excluding hydrogens is 394 g/mol. The zero-order chi connectivity index (χ0) is 15.8. The third-order valence-corrected chi connectivity index (χ3v) is 6.32. The maximum atomic E-state index is 13.7. The summed E-state index contributed by atoms with van der Waals surface area (Å²) in [5, 5.41) is 12.3. The lowest BCUT2D eigenvalue weighted by atomic mass is 10.2. The minimum Gasteiger partial charge on any atom is -0.270 e. The molecule has 2 aromatic rings. The predicted molar refractivity (Wildman–Crippen MR) is 75.8 cm³/mol. The first kappa shape index (κ1) is 15.8. The van der Waals surface area contributed by atoms with Crippen LogP contribution in [0.15, 0.2) is 32.3 Å². The molecule has 1 heterocycles. The molecule has 0 aliphatic carbocycles. The molecule has 0 amide bonds. The van der Waals surface area contributed by atoms with Gasteiger partial charge in [-0.3, -0.25) is 14.8 Å². The topological polar surface area (TPSA) is 89.3 Å². The third kappa shape index (κ3) is 3.19. The van der Waals surface area contributed by atoms with E-state index < -0.39 is 38.0 Å². The maximum Gasteiger partial charge on any atom is 0.299 e. The smallest absolute Gasteiger partial charge is 0.270 e. The average Bonchev–Trinajstić information content (AvgIpc) is 2.79. The van der Waals surface area contributed by atoms with E-state index in [9.17, 15) is 27.3 Å². The third-order valence-electron chi connectivity index (χ3n) is 2.30. The summed E-state index contributed by atoms with van der Waals surface area (Å²) in [7, 11) is -4.24. The van der Waals surface area contributed by atoms with E-state index in [2.05, 4.69) is 15.9 Å². The van der Waals surface area contributed by atoms with Crippen LogP contribution in [0.4, 0.5) is 20.2 Å². The standard InChI is InChI=1S/C10H5BrF2N2O4S2/c11-6-1-2-20-10(6)21(18,19)14-9-7(13)3-5(12)4-8(9)15(16)17/h1-4,14H. The number of nitro benzene ring substituents is 1. The first-order chi connectivity index (χ1) is 9.72. The van der Waals surface area contributed by atoms with Gasteiger partial charge >= 0.3 is 0 Å². The molecule has 2 rings (SSSR count). The number of hydrogen-bond donors (Lipinski definition) is 1. The normalized spacial score (nSPS) is 11.4. The highest BCUT2D eigenvalue weighted by Gasteiger charge is 2.27. The molecule has 112 valence electrons. The SMILES string of the molecule is O=[N+]([O-])c1cc(F)cc(F)c1NS(=O)(=O)c1sccc1Br. The van der Waals surface area contributed by atoms with Gasteiger partial charge in [0.25, 0.3) is 15.7 Å². The lowest BCUT2D eigenvalue weighted by Crippen LogP contribution is -2.14. The molecule has 6 nitrogen and oxygen atoms in total. The van der Waals surface area contributed by atoms with Gasteiger partial charge in [-0.15, -0.1) is 11.3 Å². The number of anilines is 1. The summed E-state index contributed by atoms with van der Waals surface area (Å²) in [6, 6.07) is 2.24. The number of thiophene rings is 1. The number of sulfonamides is 1. The number of nitro groups is 1. The number of benzene rings is 1. The second-order valence-corrected chi connectivity index (χ2v) is 7.35. The van der Waals surface area contributed by atoms with Gasteiger partial charge in [0, 0.05) is 10.5 Å². The van der Waals surface area contributed by atoms with Crippen molar-refractivity contribution in [3.05, 3.63) is 49.8 Å². The van der Waals surface area contributed by atoms with E-state index in [1.807, 2.05) is 0 Å². The van der Waals surface area contributed by atoms with Crippen molar-refractivity contribution in [2.45, 2.75) is 4.21 Å². The van der Waals surface area contributed by atoms with E-state index in [0.29, 0.717) is 12.1 Å². The largest absolute Gasteiger partial charge is 0.299 e. The van der Waals surface area contributed by atoms with Crippen LogP contribution < -0.4 is 4.72 Å². The van der Waals surface area contributed by atoms with Crippen LogP contribution in [0.25, 0.3) is 0 Å². The summed E-state index contributed by atoms with van der Waals surface area (Å²) in [5.74, 6) is -2.56. The number of rotatable bonds is 4. The minimum atomic E-state index is -4.24. The highest BCUT2D eigenvalue weighted by molar-refractivity contribution is 9.10. The van der Waals surface area contributed by atoms with Crippen molar-refractivity contribution in [1.29, 1.82) is 0 Å². The Bertz CT molecular complexity index is 822. The first-order valence-corrected chi connectivity index (χ1v) is 8.27. The van der Waals surface area contributed by atoms with E-state index in [4.69, 9.17) is 0 Å². The molecule has 0 saturated heterocycles. The molecule has 0 aliphatic rings. The minimum absolute atomic E-state index is 0.180. The van der Waals surface area contributed by atoms with Crippen LogP contribution in [0.3, 0.4) is 0 Å². The molecule has 1 aromatic heterocycles. The average molecular weight is 399 g/mol. The number of nitrogens with zero attached hydrogens (tertiary/aromatic N) is 1. The van der Waals surface area contributed by atoms with E-state index in [1.165, 1.54) is 11.4 Å². The summed E-state index contributed by atoms with van der Waals surface area (Å²) < 4.78 is 52.7. The Morgan fingerprint density at radius 3 is 2.52 bits per heavy atom. The highest BCUT2D eigenvalue weighted by atomic mass is 79.9. The summed E-state index contributed by atoms with van der Waals surface area (Å²) in [4.78, 5) is 9.72. The molecule has 11 heteroatoms. The van der Waals surface area contributed by atoms with Gasteiger partial charge in [0.05, 0.1) is 11.0 Å². The maximum absolute atomic E-state index is 13.7. The number of hydrogen-bond acceptors (Lipinski definition) is 5. The second-order valence-electron chi connectivity index (χ2n) is 3.70. The Hall–Kier alpha value is -1.59. The molecule has 1 N–H and O–H groups in total. The van der Waals surface area contributed by atoms with Gasteiger partial charge in [-0.25, -0.2) is 17.2 Å². The van der Waals surface area contributed by atoms with Gasteiger partial charge in [-0.2, -0.15) is 0 Å². The quantitative estimate of drug-likeness (QED) is 0.630. The predicted octanol–water partition coefficient (Wildman–Crippen LogP) is 3.50. The monoisotopic (exact) mass is 398 g/mol. The van der Waals surface area contributed by atoms with Crippen molar-refractivity contribution in [1.82, 2.24) is 0 Å². The van der Waals surface area contributed by atoms with Crippen molar-refractivity contribution < 1.29 is 22.1 Å². The van der Waals surface area contributed by atoms with Gasteiger partial charge in [0.2, 0.25) is 0 Å². The zero-order valence-electron chi connectivity index (χ0n) is 9.84. The fourth-order valence-electron chi connectivity index (χ4n) is 1.46. The van der Waals surface area contributed by atoms with E-state index >= 15 is 0 Å². The lowest BCUT2D eigenvalue weighted by molar-refractivity contribution is -0.384. The molecule has 0 bridgehead atoms. The van der Waals surface area contributed by atoms with Crippen molar-refractivity contribution in [3.63, 3.8) is 0 Å². The first-order valence-electron chi connectivity index (χ1n) is 5.11. The molecule has 0 radical (unpaired) electrons. The summed E-state index contributed by atoms with van der Waals surface area (Å²) in [6.45, 7) is 0. The zero-order valence-corrected chi connectivity index (χ0v) is 13.1. The molecule has 21 heavy (non-hydrogen) atoms. The highest BCUT2D eigenvalue weighted by Crippen LogP contribution is 2.34. The van der Waals surface area contributed by atoms with Crippen LogP contribution in [-0.2, 0) is 10.0 Å². The van der Waals surface area contributed by atoms with Crippen LogP contribution in [-0.4, -0.2) is 13.3 Å². The number of halogens is 3. The van der Waals surface area contributed by atoms with Gasteiger partial charge in [-0.05, 0) is 27.4 Å². The summed E-state index contributed by atoms with van der Waals surface area (Å²) in [6.07, 6.45) is 0. The lowest BCUT2D eigenvalue weighted by Gasteiger charge is -2.08. The van der Waals surface area contributed by atoms with E-state index in [1.54, 1.807) is 4.72 Å². The molecular formula is C10H5BrF2N2O4S2. The van der Waals surface area contributed by atoms with Gasteiger partial charge in [0.1, 0.15) is 5.82 Å². The molecule has 0 aliphatic heterocycles. The van der Waals surface area contributed by atoms with Crippen LogP contribution >= 0.6 is 27.3 Å². The molecule has 1 aromatic carbocycles. The Labute approximate surface area is 129 Å². The summed E-state index contributed by atoms with van der Waals surface area (Å²) in [5.41, 5.74) is -1.93. The number of nitrogens with one attached hydrogen (secondary N) is 1. The van der Waals surface area contributed by atoms with Crippen LogP contribution in [0.1, 0.15) is 0 Å². The van der Waals surface area contributed by atoms with Gasteiger partial charge in [0.15, 0.2) is 15.7 Å². The van der Waals surface area contributed by atoms with Crippen molar-refractivity contribution >= 4 is 48.7 Å². The fourth-order valence-corrected chi connectivity index (χ4v) is 4.88. The van der Waals surface area contributed by atoms with E-state index in [-0.39, 0.29) is 8.68 Å². The Balaban J connectivity index is 2.54. The summed E-state index contributed by atoms with van der Waals surface area (Å²) >= 11 is 3.83. The van der Waals surface area contributed by atoms with Crippen LogP contribution in [0, 0.1) is 21.7 Å². The molecule has 0 atom stereocenters. The van der Waals surface area contributed by atoms with E-state index in [0.717, 1.165) is 11.3 Å². The van der Waals surface area contributed by atoms with Crippen molar-refractivity contribution in [3.8, 4) is 0 Å². The molecule has 0 spiro atoms. The van der Waals surface area contributed by atoms with Crippen LogP contribution in [0.5, 0.6) is 0 Å². The van der Waals surface area contributed by atoms with Crippen LogP contribution in [0.2, 0.25) is 0 Å². The van der Waals surface area contributed by atoms with Gasteiger partial charge in [-0.1, -0.05) is 0 Å². The van der Waals surface area contributed by atoms with Crippen molar-refractivity contribution in [2.75, 3.05) is 4.72 Å². The fraction of sp³-hybridized carbons (Fsp3) is 0. The Kier molecular flexibility index (Phi) is 4.25. The molecule has 0 saturated carbocycles.